The average molecular weight is 583 g/mol. The summed E-state index contributed by atoms with van der Waals surface area (Å²) in [5.74, 6) is -0.295. The van der Waals surface area contributed by atoms with Crippen molar-refractivity contribution in [3.05, 3.63) is 59.7 Å². The van der Waals surface area contributed by atoms with Crippen molar-refractivity contribution in [2.75, 3.05) is 29.1 Å². The van der Waals surface area contributed by atoms with Crippen LogP contribution in [0, 0.1) is 5.41 Å². The van der Waals surface area contributed by atoms with Crippen molar-refractivity contribution in [1.29, 1.82) is 5.41 Å². The minimum Gasteiger partial charge on any atom is -0.384 e. The zero-order chi connectivity index (χ0) is 29.4. The molecule has 1 saturated carbocycles. The van der Waals surface area contributed by atoms with E-state index in [1.165, 1.54) is 11.2 Å². The van der Waals surface area contributed by atoms with E-state index in [9.17, 15) is 18.0 Å². The van der Waals surface area contributed by atoms with E-state index in [1.54, 1.807) is 24.3 Å². The number of nitrogens with two attached hydrogens (primary N) is 1. The quantitative estimate of drug-likeness (QED) is 0.199. The molecule has 4 rings (SSSR count). The number of amides is 3. The number of carbonyl (C=O) groups is 2. The van der Waals surface area contributed by atoms with Crippen molar-refractivity contribution in [3.63, 3.8) is 0 Å². The Hall–Kier alpha value is -3.44. The molecule has 10 nitrogen and oxygen atoms in total. The van der Waals surface area contributed by atoms with Crippen LogP contribution in [0.4, 0.5) is 16.2 Å². The first kappa shape index (κ1) is 30.5. The van der Waals surface area contributed by atoms with Gasteiger partial charge in [-0.05, 0) is 55.9 Å². The van der Waals surface area contributed by atoms with Crippen molar-refractivity contribution >= 4 is 39.2 Å². The second-order valence-electron chi connectivity index (χ2n) is 11.0. The second kappa shape index (κ2) is 14.0. The van der Waals surface area contributed by atoms with E-state index in [1.807, 2.05) is 29.2 Å². The lowest BCUT2D eigenvalue weighted by Gasteiger charge is -2.36. The Morgan fingerprint density at radius 3 is 2.34 bits per heavy atom. The zero-order valence-electron chi connectivity index (χ0n) is 23.8. The van der Waals surface area contributed by atoms with E-state index >= 15 is 0 Å². The van der Waals surface area contributed by atoms with Crippen LogP contribution in [0.1, 0.15) is 69.4 Å². The fraction of sp³-hybridized carbons (Fsp3) is 0.500. The Morgan fingerprint density at radius 2 is 1.68 bits per heavy atom. The predicted molar refractivity (Wildman–Crippen MR) is 163 cm³/mol. The lowest BCUT2D eigenvalue weighted by atomic mass is 10.0. The van der Waals surface area contributed by atoms with Crippen molar-refractivity contribution in [3.8, 4) is 0 Å². The predicted octanol–water partition coefficient (Wildman–Crippen LogP) is 4.20. The molecule has 3 amide bonds. The third-order valence-electron chi connectivity index (χ3n) is 7.98. The molecule has 1 heterocycles. The highest BCUT2D eigenvalue weighted by atomic mass is 32.2. The Kier molecular flexibility index (Phi) is 10.4. The summed E-state index contributed by atoms with van der Waals surface area (Å²) in [7, 11) is -3.51. The summed E-state index contributed by atoms with van der Waals surface area (Å²) >= 11 is 0. The summed E-state index contributed by atoms with van der Waals surface area (Å²) in [6.45, 7) is 2.10. The summed E-state index contributed by atoms with van der Waals surface area (Å²) in [6.07, 6.45) is 7.62. The molecule has 2 aromatic carbocycles. The standard InChI is InChI=1S/C30H42N6O4S/c1-22(37)33-28-14-7-6-9-23(28)17-20-41(39,40)35-18-15-25(16-19-35)34-30(38)36(26-11-4-2-3-5-12-26)27-13-8-10-24(21-27)29(31)32/h6-10,13-14,21,25-26H,2-5,11-12,15-20H2,1H3,(H3,31,32)(H,33,37)(H,34,38). The molecule has 0 unspecified atom stereocenters. The van der Waals surface area contributed by atoms with Crippen molar-refractivity contribution in [2.24, 2.45) is 5.73 Å². The highest BCUT2D eigenvalue weighted by molar-refractivity contribution is 7.89. The monoisotopic (exact) mass is 582 g/mol. The van der Waals surface area contributed by atoms with Gasteiger partial charge in [-0.25, -0.2) is 17.5 Å². The van der Waals surface area contributed by atoms with Gasteiger partial charge in [-0.2, -0.15) is 0 Å². The number of amidine groups is 1. The first-order chi connectivity index (χ1) is 19.6. The highest BCUT2D eigenvalue weighted by Crippen LogP contribution is 2.28. The number of aryl methyl sites for hydroxylation is 1. The maximum absolute atomic E-state index is 13.7. The maximum Gasteiger partial charge on any atom is 0.322 e. The molecule has 0 spiro atoms. The van der Waals surface area contributed by atoms with Gasteiger partial charge in [-0.15, -0.1) is 0 Å². The number of nitrogen functional groups attached to an aromatic ring is 1. The van der Waals surface area contributed by atoms with Gasteiger partial charge in [0.05, 0.1) is 5.75 Å². The van der Waals surface area contributed by atoms with Crippen LogP contribution in [-0.2, 0) is 21.2 Å². The number of nitrogens with one attached hydrogen (secondary N) is 3. The van der Waals surface area contributed by atoms with Gasteiger partial charge in [0, 0.05) is 49.0 Å². The Labute approximate surface area is 243 Å². The molecular formula is C30H42N6O4S. The third-order valence-corrected chi connectivity index (χ3v) is 9.85. The van der Waals surface area contributed by atoms with Crippen LogP contribution >= 0.6 is 0 Å². The minimum atomic E-state index is -3.51. The number of hydrogen-bond acceptors (Lipinski definition) is 5. The molecule has 1 aliphatic heterocycles. The molecule has 1 saturated heterocycles. The van der Waals surface area contributed by atoms with Crippen LogP contribution in [0.15, 0.2) is 48.5 Å². The van der Waals surface area contributed by atoms with Gasteiger partial charge in [-0.3, -0.25) is 15.1 Å². The number of nitrogens with zero attached hydrogens (tertiary/aromatic N) is 2. The number of rotatable bonds is 9. The first-order valence-corrected chi connectivity index (χ1v) is 16.1. The molecule has 2 aliphatic rings. The highest BCUT2D eigenvalue weighted by Gasteiger charge is 2.32. The lowest BCUT2D eigenvalue weighted by Crippen LogP contribution is -2.53. The summed E-state index contributed by atoms with van der Waals surface area (Å²) in [5.41, 5.74) is 8.44. The Balaban J connectivity index is 1.38. The van der Waals surface area contributed by atoms with Crippen LogP contribution in [0.25, 0.3) is 0 Å². The van der Waals surface area contributed by atoms with Crippen LogP contribution in [0.2, 0.25) is 0 Å². The number of urea groups is 1. The minimum absolute atomic E-state index is 0.0414. The summed E-state index contributed by atoms with van der Waals surface area (Å²) in [5, 5.41) is 13.8. The Morgan fingerprint density at radius 1 is 1.00 bits per heavy atom. The van der Waals surface area contributed by atoms with Gasteiger partial charge >= 0.3 is 6.03 Å². The maximum atomic E-state index is 13.7. The van der Waals surface area contributed by atoms with Crippen LogP contribution in [-0.4, -0.2) is 61.4 Å². The molecule has 1 aliphatic carbocycles. The molecule has 0 bridgehead atoms. The van der Waals surface area contributed by atoms with Gasteiger partial charge in [0.2, 0.25) is 15.9 Å². The molecular weight excluding hydrogens is 540 g/mol. The number of para-hydroxylation sites is 1. The first-order valence-electron chi connectivity index (χ1n) is 14.5. The summed E-state index contributed by atoms with van der Waals surface area (Å²) < 4.78 is 27.8. The van der Waals surface area contributed by atoms with Crippen molar-refractivity contribution in [1.82, 2.24) is 9.62 Å². The van der Waals surface area contributed by atoms with E-state index in [-0.39, 0.29) is 35.6 Å². The number of sulfonamides is 1. The summed E-state index contributed by atoms with van der Waals surface area (Å²) in [4.78, 5) is 27.1. The van der Waals surface area contributed by atoms with E-state index in [0.717, 1.165) is 49.8 Å². The van der Waals surface area contributed by atoms with E-state index in [2.05, 4.69) is 10.6 Å². The average Bonchev–Trinajstić information content (AvgIpc) is 3.22. The summed E-state index contributed by atoms with van der Waals surface area (Å²) in [6, 6.07) is 14.2. The Bertz CT molecular complexity index is 1330. The normalized spacial score (nSPS) is 17.4. The number of piperidine rings is 1. The fourth-order valence-electron chi connectivity index (χ4n) is 5.77. The lowest BCUT2D eigenvalue weighted by molar-refractivity contribution is -0.114. The molecule has 2 aromatic rings. The third kappa shape index (κ3) is 8.29. The number of hydrogen-bond donors (Lipinski definition) is 4. The van der Waals surface area contributed by atoms with Crippen molar-refractivity contribution < 1.29 is 18.0 Å². The molecule has 0 atom stereocenters. The van der Waals surface area contributed by atoms with Crippen LogP contribution in [0.3, 0.4) is 0 Å². The number of carbonyl (C=O) groups excluding carboxylic acids is 2. The fourth-order valence-corrected chi connectivity index (χ4v) is 7.28. The van der Waals surface area contributed by atoms with E-state index < -0.39 is 10.0 Å². The number of benzene rings is 2. The van der Waals surface area contributed by atoms with Gasteiger partial charge < -0.3 is 16.4 Å². The van der Waals surface area contributed by atoms with Crippen LogP contribution < -0.4 is 21.3 Å². The van der Waals surface area contributed by atoms with Gasteiger partial charge in [0.1, 0.15) is 5.84 Å². The van der Waals surface area contributed by atoms with E-state index in [4.69, 9.17) is 11.1 Å². The zero-order valence-corrected chi connectivity index (χ0v) is 24.6. The van der Waals surface area contributed by atoms with Gasteiger partial charge in [0.15, 0.2) is 0 Å². The van der Waals surface area contributed by atoms with Gasteiger partial charge in [-0.1, -0.05) is 56.0 Å². The van der Waals surface area contributed by atoms with Crippen molar-refractivity contribution in [2.45, 2.75) is 76.8 Å². The molecule has 41 heavy (non-hydrogen) atoms. The smallest absolute Gasteiger partial charge is 0.322 e. The SMILES string of the molecule is CC(=O)Nc1ccccc1CCS(=O)(=O)N1CCC(NC(=O)N(c2cccc(C(=N)N)c2)C2CCCCCC2)CC1. The molecule has 0 radical (unpaired) electrons. The van der Waals surface area contributed by atoms with Crippen LogP contribution in [0.5, 0.6) is 0 Å². The largest absolute Gasteiger partial charge is 0.384 e. The topological polar surface area (TPSA) is 149 Å². The number of anilines is 2. The van der Waals surface area contributed by atoms with Gasteiger partial charge in [0.25, 0.3) is 0 Å². The molecule has 222 valence electrons. The molecule has 0 aromatic heterocycles. The molecule has 2 fully saturated rings. The second-order valence-corrected chi connectivity index (χ2v) is 13.1. The van der Waals surface area contributed by atoms with E-state index in [0.29, 0.717) is 43.6 Å². The molecule has 11 heteroatoms. The molecule has 5 N–H and O–H groups in total.